The first-order chi connectivity index (χ1) is 10.9. The highest BCUT2D eigenvalue weighted by Gasteiger charge is 2.31. The van der Waals surface area contributed by atoms with E-state index in [4.69, 9.17) is 0 Å². The summed E-state index contributed by atoms with van der Waals surface area (Å²) in [5, 5.41) is 13.1. The number of anilines is 1. The lowest BCUT2D eigenvalue weighted by molar-refractivity contribution is 0.306. The summed E-state index contributed by atoms with van der Waals surface area (Å²) in [7, 11) is 0. The molecule has 114 valence electrons. The van der Waals surface area contributed by atoms with Gasteiger partial charge in [0, 0.05) is 11.8 Å². The van der Waals surface area contributed by atoms with E-state index in [0.29, 0.717) is 12.0 Å². The molecule has 0 bridgehead atoms. The Hall–Kier alpha value is -2.06. The van der Waals surface area contributed by atoms with Crippen molar-refractivity contribution in [3.05, 3.63) is 35.9 Å². The second-order valence-electron chi connectivity index (χ2n) is 5.32. The van der Waals surface area contributed by atoms with E-state index >= 15 is 0 Å². The van der Waals surface area contributed by atoms with Crippen LogP contribution in [0.2, 0.25) is 0 Å². The second kappa shape index (κ2) is 5.98. The fourth-order valence-electron chi connectivity index (χ4n) is 2.20. The van der Waals surface area contributed by atoms with Gasteiger partial charge in [-0.2, -0.15) is 10.4 Å². The summed E-state index contributed by atoms with van der Waals surface area (Å²) in [5.74, 6) is 1.48. The van der Waals surface area contributed by atoms with E-state index in [-0.39, 0.29) is 6.29 Å². The van der Waals surface area contributed by atoms with Gasteiger partial charge in [0.2, 0.25) is 11.1 Å². The van der Waals surface area contributed by atoms with Crippen molar-refractivity contribution >= 4 is 24.0 Å². The monoisotopic (exact) mass is 315 g/mol. The van der Waals surface area contributed by atoms with Crippen LogP contribution in [-0.2, 0) is 5.75 Å². The van der Waals surface area contributed by atoms with Crippen LogP contribution in [0.25, 0.3) is 0 Å². The molecule has 0 amide bonds. The summed E-state index contributed by atoms with van der Waals surface area (Å²) in [4.78, 5) is 8.79. The molecule has 0 saturated heterocycles. The topological polar surface area (TPSA) is 81.2 Å². The number of H-pyrrole nitrogens is 1. The van der Waals surface area contributed by atoms with Crippen molar-refractivity contribution in [3.63, 3.8) is 0 Å². The fourth-order valence-corrected chi connectivity index (χ4v) is 2.95. The van der Waals surface area contributed by atoms with Crippen molar-refractivity contribution in [2.24, 2.45) is 4.99 Å². The molecule has 0 radical (unpaired) electrons. The van der Waals surface area contributed by atoms with Crippen LogP contribution in [0.15, 0.2) is 40.5 Å². The van der Waals surface area contributed by atoms with Gasteiger partial charge in [0.25, 0.3) is 0 Å². The minimum Gasteiger partial charge on any atom is -0.319 e. The maximum atomic E-state index is 4.43. The molecule has 1 unspecified atom stereocenters. The van der Waals surface area contributed by atoms with Crippen LogP contribution in [0.1, 0.15) is 18.4 Å². The molecular formula is C14H17N7S. The Balaban J connectivity index is 1.29. The van der Waals surface area contributed by atoms with Crippen LogP contribution in [0.3, 0.4) is 0 Å². The average Bonchev–Trinajstić information content (AvgIpc) is 3.14. The van der Waals surface area contributed by atoms with Crippen molar-refractivity contribution in [2.45, 2.75) is 36.1 Å². The van der Waals surface area contributed by atoms with Gasteiger partial charge in [-0.25, -0.2) is 10.1 Å². The molecular weight excluding hydrogens is 298 g/mol. The third kappa shape index (κ3) is 3.23. The van der Waals surface area contributed by atoms with Crippen LogP contribution in [-0.4, -0.2) is 38.9 Å². The smallest absolute Gasteiger partial charge is 0.222 e. The summed E-state index contributed by atoms with van der Waals surface area (Å²) in [6.45, 7) is 0. The summed E-state index contributed by atoms with van der Waals surface area (Å²) >= 11 is 1.60. The number of nitrogens with zero attached hydrogens (tertiary/aromatic N) is 4. The Kier molecular flexibility index (Phi) is 3.69. The molecule has 1 atom stereocenters. The number of nitrogens with one attached hydrogen (secondary N) is 3. The van der Waals surface area contributed by atoms with E-state index in [0.717, 1.165) is 10.9 Å². The summed E-state index contributed by atoms with van der Waals surface area (Å²) < 4.78 is 0. The minimum atomic E-state index is -0.180. The Morgan fingerprint density at radius 1 is 1.27 bits per heavy atom. The number of rotatable bonds is 6. The average molecular weight is 315 g/mol. The fraction of sp³-hybridized carbons (Fsp3) is 0.357. The van der Waals surface area contributed by atoms with Gasteiger partial charge < -0.3 is 5.32 Å². The predicted molar refractivity (Wildman–Crippen MR) is 86.3 cm³/mol. The summed E-state index contributed by atoms with van der Waals surface area (Å²) in [5.41, 5.74) is 4.53. The number of hydrazine groups is 1. The molecule has 7 nitrogen and oxygen atoms in total. The Bertz CT molecular complexity index is 652. The van der Waals surface area contributed by atoms with Gasteiger partial charge in [-0.05, 0) is 18.4 Å². The zero-order chi connectivity index (χ0) is 14.8. The SMILES string of the molecule is C1=NC(Nc2nc(SCc3ccccc3)n[nH]2)NN1C1CC1. The van der Waals surface area contributed by atoms with E-state index in [9.17, 15) is 0 Å². The Labute approximate surface area is 132 Å². The predicted octanol–water partition coefficient (Wildman–Crippen LogP) is 1.80. The molecule has 1 aliphatic carbocycles. The number of thioether (sulfide) groups is 1. The molecule has 2 aliphatic rings. The lowest BCUT2D eigenvalue weighted by Crippen LogP contribution is -2.42. The minimum absolute atomic E-state index is 0.180. The summed E-state index contributed by atoms with van der Waals surface area (Å²) in [6, 6.07) is 10.9. The molecule has 22 heavy (non-hydrogen) atoms. The maximum Gasteiger partial charge on any atom is 0.222 e. The van der Waals surface area contributed by atoms with Gasteiger partial charge in [0.1, 0.15) is 6.34 Å². The largest absolute Gasteiger partial charge is 0.319 e. The summed E-state index contributed by atoms with van der Waals surface area (Å²) in [6.07, 6.45) is 4.12. The van der Waals surface area contributed by atoms with Gasteiger partial charge in [0.15, 0.2) is 6.29 Å². The first-order valence-electron chi connectivity index (χ1n) is 7.30. The molecule has 1 aromatic carbocycles. The van der Waals surface area contributed by atoms with E-state index in [2.05, 4.69) is 48.1 Å². The van der Waals surface area contributed by atoms with Gasteiger partial charge in [-0.15, -0.1) is 5.10 Å². The van der Waals surface area contributed by atoms with Crippen molar-refractivity contribution < 1.29 is 0 Å². The molecule has 0 spiro atoms. The molecule has 3 N–H and O–H groups in total. The second-order valence-corrected chi connectivity index (χ2v) is 6.26. The van der Waals surface area contributed by atoms with Crippen LogP contribution in [0, 0.1) is 0 Å². The van der Waals surface area contributed by atoms with Gasteiger partial charge >= 0.3 is 0 Å². The highest BCUT2D eigenvalue weighted by Crippen LogP contribution is 2.26. The number of hydrogen-bond donors (Lipinski definition) is 3. The van der Waals surface area contributed by atoms with Crippen LogP contribution >= 0.6 is 11.8 Å². The molecule has 1 saturated carbocycles. The number of hydrogen-bond acceptors (Lipinski definition) is 7. The van der Waals surface area contributed by atoms with Crippen molar-refractivity contribution in [1.29, 1.82) is 0 Å². The number of aromatic amines is 1. The van der Waals surface area contributed by atoms with Crippen LogP contribution < -0.4 is 10.7 Å². The van der Waals surface area contributed by atoms with Gasteiger partial charge in [-0.1, -0.05) is 42.1 Å². The molecule has 1 aliphatic heterocycles. The van der Waals surface area contributed by atoms with E-state index in [1.54, 1.807) is 11.8 Å². The number of aliphatic imine (C=N–C) groups is 1. The van der Waals surface area contributed by atoms with Crippen molar-refractivity contribution in [3.8, 4) is 0 Å². The first-order valence-corrected chi connectivity index (χ1v) is 8.29. The Morgan fingerprint density at radius 2 is 2.14 bits per heavy atom. The highest BCUT2D eigenvalue weighted by atomic mass is 32.2. The van der Waals surface area contributed by atoms with Gasteiger partial charge in [0.05, 0.1) is 0 Å². The van der Waals surface area contributed by atoms with Crippen molar-refractivity contribution in [2.75, 3.05) is 5.32 Å². The highest BCUT2D eigenvalue weighted by molar-refractivity contribution is 7.98. The molecule has 2 aromatic rings. The number of benzene rings is 1. The van der Waals surface area contributed by atoms with Crippen LogP contribution in [0.5, 0.6) is 0 Å². The van der Waals surface area contributed by atoms with Gasteiger partial charge in [-0.3, -0.25) is 5.01 Å². The standard InChI is InChI=1S/C14H17N7S/c1-2-4-10(5-3-1)8-22-14-17-13(18-19-14)16-12-15-9-21(20-12)11-6-7-11/h1-5,9,11-12,20H,6-8H2,(H2,16,17,18,19). The first kappa shape index (κ1) is 13.6. The lowest BCUT2D eigenvalue weighted by Gasteiger charge is -2.16. The van der Waals surface area contributed by atoms with E-state index < -0.39 is 0 Å². The zero-order valence-corrected chi connectivity index (χ0v) is 12.8. The molecule has 2 heterocycles. The maximum absolute atomic E-state index is 4.43. The quantitative estimate of drug-likeness (QED) is 0.705. The molecule has 1 fully saturated rings. The van der Waals surface area contributed by atoms with Crippen LogP contribution in [0.4, 0.5) is 5.95 Å². The zero-order valence-electron chi connectivity index (χ0n) is 11.9. The third-order valence-corrected chi connectivity index (χ3v) is 4.42. The van der Waals surface area contributed by atoms with Crippen molar-refractivity contribution in [1.82, 2.24) is 25.6 Å². The lowest BCUT2D eigenvalue weighted by atomic mass is 10.2. The third-order valence-electron chi connectivity index (χ3n) is 3.50. The molecule has 8 heteroatoms. The number of aromatic nitrogens is 3. The molecule has 1 aromatic heterocycles. The normalized spacial score (nSPS) is 20.5. The molecule has 4 rings (SSSR count). The van der Waals surface area contributed by atoms with E-state index in [1.807, 2.05) is 24.5 Å². The van der Waals surface area contributed by atoms with E-state index in [1.165, 1.54) is 18.4 Å². The Morgan fingerprint density at radius 3 is 2.95 bits per heavy atom.